The first-order valence-electron chi connectivity index (χ1n) is 11.0. The molecule has 0 atom stereocenters. The molecule has 1 aromatic carbocycles. The molecule has 0 amide bonds. The van der Waals surface area contributed by atoms with Crippen LogP contribution in [0, 0.1) is 11.8 Å². The predicted molar refractivity (Wildman–Crippen MR) is 129 cm³/mol. The number of aliphatic hydroxyl groups excluding tert-OH is 1. The van der Waals surface area contributed by atoms with Crippen LogP contribution < -0.4 is 4.18 Å². The highest BCUT2D eigenvalue weighted by Gasteiger charge is 2.22. The fraction of sp³-hybridized carbons (Fsp3) is 0.320. The molecule has 0 radical (unpaired) electrons. The van der Waals surface area contributed by atoms with Gasteiger partial charge in [0, 0.05) is 63.3 Å². The van der Waals surface area contributed by atoms with E-state index >= 15 is 0 Å². The van der Waals surface area contributed by atoms with Crippen LogP contribution in [0.25, 0.3) is 11.3 Å². The van der Waals surface area contributed by atoms with Gasteiger partial charge in [0.25, 0.3) is 0 Å². The van der Waals surface area contributed by atoms with Crippen LogP contribution in [0.3, 0.4) is 0 Å². The molecule has 4 rings (SSSR count). The van der Waals surface area contributed by atoms with E-state index in [2.05, 4.69) is 26.6 Å². The van der Waals surface area contributed by atoms with E-state index in [1.54, 1.807) is 36.4 Å². The molecule has 1 aliphatic carbocycles. The number of hydrogen-bond donors (Lipinski definition) is 2. The zero-order valence-electron chi connectivity index (χ0n) is 18.9. The largest absolute Gasteiger partial charge is 0.507 e. The second-order valence-corrected chi connectivity index (χ2v) is 9.76. The molecule has 1 aromatic heterocycles. The number of piperazine rings is 1. The number of nitrogens with zero attached hydrogens (tertiary/aromatic N) is 3. The zero-order valence-corrected chi connectivity index (χ0v) is 19.8. The molecule has 0 bridgehead atoms. The summed E-state index contributed by atoms with van der Waals surface area (Å²) in [5.41, 5.74) is 2.38. The minimum absolute atomic E-state index is 0.0519. The Bertz CT molecular complexity index is 1280. The summed E-state index contributed by atoms with van der Waals surface area (Å²) >= 11 is 0. The number of phenols is 1. The number of aromatic hydroxyl groups is 1. The fourth-order valence-electron chi connectivity index (χ4n) is 4.01. The van der Waals surface area contributed by atoms with E-state index < -0.39 is 10.1 Å². The molecule has 1 aliphatic heterocycles. The number of aliphatic hydroxyl groups is 1. The molecular formula is C25H27N3O5S. The number of aromatic nitrogens is 1. The van der Waals surface area contributed by atoms with Gasteiger partial charge in [-0.25, -0.2) is 0 Å². The summed E-state index contributed by atoms with van der Waals surface area (Å²) in [5, 5.41) is 20.6. The van der Waals surface area contributed by atoms with Crippen molar-refractivity contribution >= 4 is 10.1 Å². The Morgan fingerprint density at radius 2 is 1.74 bits per heavy atom. The van der Waals surface area contributed by atoms with Crippen LogP contribution in [-0.4, -0.2) is 65.8 Å². The number of rotatable bonds is 6. The first kappa shape index (κ1) is 23.7. The summed E-state index contributed by atoms with van der Waals surface area (Å²) in [4.78, 5) is 9.03. The van der Waals surface area contributed by atoms with Crippen LogP contribution in [-0.2, 0) is 16.7 Å². The maximum atomic E-state index is 11.7. The quantitative estimate of drug-likeness (QED) is 0.479. The van der Waals surface area contributed by atoms with Crippen LogP contribution >= 0.6 is 0 Å². The van der Waals surface area contributed by atoms with Crippen molar-refractivity contribution in [3.05, 3.63) is 65.7 Å². The van der Waals surface area contributed by atoms with Crippen molar-refractivity contribution < 1.29 is 22.8 Å². The van der Waals surface area contributed by atoms with Crippen molar-refractivity contribution in [2.24, 2.45) is 0 Å². The smallest absolute Gasteiger partial charge is 0.306 e. The molecule has 2 aliphatic rings. The van der Waals surface area contributed by atoms with E-state index in [4.69, 9.17) is 4.18 Å². The second kappa shape index (κ2) is 10.2. The average molecular weight is 482 g/mol. The summed E-state index contributed by atoms with van der Waals surface area (Å²) in [6.45, 7) is 3.41. The van der Waals surface area contributed by atoms with E-state index in [0.717, 1.165) is 38.1 Å². The van der Waals surface area contributed by atoms with Gasteiger partial charge in [-0.15, -0.1) is 0 Å². The molecule has 0 spiro atoms. The minimum atomic E-state index is -3.72. The van der Waals surface area contributed by atoms with Crippen LogP contribution in [0.5, 0.6) is 11.5 Å². The highest BCUT2D eigenvalue weighted by Crippen LogP contribution is 2.31. The Balaban J connectivity index is 1.51. The Morgan fingerprint density at radius 3 is 2.44 bits per heavy atom. The molecule has 2 aromatic rings. The Hall–Kier alpha value is -3.48. The monoisotopic (exact) mass is 481 g/mol. The van der Waals surface area contributed by atoms with Gasteiger partial charge in [-0.3, -0.25) is 9.88 Å². The molecular weight excluding hydrogens is 454 g/mol. The van der Waals surface area contributed by atoms with Crippen LogP contribution in [0.2, 0.25) is 0 Å². The summed E-state index contributed by atoms with van der Waals surface area (Å²) in [6.07, 6.45) is 5.84. The average Bonchev–Trinajstić information content (AvgIpc) is 2.76. The standard InChI is InChI=1S/C25H27N3O5S/c1-34(31,32)33-20-16-19(26-22(17-20)21-8-6-7-10-24(21)29)18-27-12-14-28(15-13-27)23-9-4-2-3-5-11-25(23)30/h6-11,16-17,29-30H,4-5,12-15,18H2,1H3/b23-9+,25-11+. The third-order valence-corrected chi connectivity index (χ3v) is 6.06. The topological polar surface area (TPSA) is 103 Å². The summed E-state index contributed by atoms with van der Waals surface area (Å²) < 4.78 is 28.6. The number of para-hydroxylation sites is 1. The van der Waals surface area contributed by atoms with Gasteiger partial charge in [-0.05, 0) is 24.3 Å². The number of phenolic OH excluding ortho intramolecular Hbond substituents is 1. The maximum Gasteiger partial charge on any atom is 0.306 e. The zero-order chi connectivity index (χ0) is 24.1. The van der Waals surface area contributed by atoms with Gasteiger partial charge < -0.3 is 19.3 Å². The minimum Gasteiger partial charge on any atom is -0.507 e. The highest BCUT2D eigenvalue weighted by molar-refractivity contribution is 7.86. The Morgan fingerprint density at radius 1 is 1.03 bits per heavy atom. The molecule has 1 saturated heterocycles. The molecule has 9 heteroatoms. The Kier molecular flexibility index (Phi) is 7.10. The van der Waals surface area contributed by atoms with Crippen LogP contribution in [0.15, 0.2) is 60.0 Å². The summed E-state index contributed by atoms with van der Waals surface area (Å²) in [6, 6.07) is 9.88. The van der Waals surface area contributed by atoms with Gasteiger partial charge in [0.1, 0.15) is 17.3 Å². The molecule has 1 fully saturated rings. The van der Waals surface area contributed by atoms with Crippen molar-refractivity contribution in [1.82, 2.24) is 14.8 Å². The number of hydrogen-bond acceptors (Lipinski definition) is 8. The second-order valence-electron chi connectivity index (χ2n) is 8.19. The van der Waals surface area contributed by atoms with Crippen molar-refractivity contribution in [3.8, 4) is 34.6 Å². The van der Waals surface area contributed by atoms with E-state index in [1.807, 2.05) is 6.08 Å². The van der Waals surface area contributed by atoms with E-state index in [1.165, 1.54) is 6.07 Å². The number of allylic oxidation sites excluding steroid dienone is 2. The Labute approximate surface area is 199 Å². The van der Waals surface area contributed by atoms with Gasteiger partial charge in [0.2, 0.25) is 0 Å². The molecule has 0 unspecified atom stereocenters. The van der Waals surface area contributed by atoms with Gasteiger partial charge >= 0.3 is 10.1 Å². The number of benzene rings is 1. The van der Waals surface area contributed by atoms with Crippen molar-refractivity contribution in [2.75, 3.05) is 32.4 Å². The van der Waals surface area contributed by atoms with Gasteiger partial charge in [-0.1, -0.05) is 24.0 Å². The van der Waals surface area contributed by atoms with Gasteiger partial charge in [0.05, 0.1) is 23.3 Å². The third kappa shape index (κ3) is 6.10. The molecule has 0 saturated carbocycles. The molecule has 2 heterocycles. The van der Waals surface area contributed by atoms with Crippen LogP contribution in [0.1, 0.15) is 18.5 Å². The first-order chi connectivity index (χ1) is 16.3. The fourth-order valence-corrected chi connectivity index (χ4v) is 4.45. The van der Waals surface area contributed by atoms with Crippen molar-refractivity contribution in [1.29, 1.82) is 0 Å². The first-order valence-corrected chi connectivity index (χ1v) is 12.8. The van der Waals surface area contributed by atoms with Crippen molar-refractivity contribution in [3.63, 3.8) is 0 Å². The van der Waals surface area contributed by atoms with Gasteiger partial charge in [0.15, 0.2) is 0 Å². The lowest BCUT2D eigenvalue weighted by molar-refractivity contribution is 0.147. The molecule has 2 N–H and O–H groups in total. The normalized spacial score (nSPS) is 20.1. The SMILES string of the molecule is CS(=O)(=O)Oc1cc(CN2CCN(C3=C/CC#CC/C=C\3O)CC2)nc(-c2ccccc2O)c1. The highest BCUT2D eigenvalue weighted by atomic mass is 32.2. The predicted octanol–water partition coefficient (Wildman–Crippen LogP) is 3.03. The summed E-state index contributed by atoms with van der Waals surface area (Å²) in [7, 11) is -3.72. The third-order valence-electron chi connectivity index (χ3n) is 5.56. The maximum absolute atomic E-state index is 11.7. The lowest BCUT2D eigenvalue weighted by Gasteiger charge is -2.37. The van der Waals surface area contributed by atoms with E-state index in [9.17, 15) is 18.6 Å². The van der Waals surface area contributed by atoms with Gasteiger partial charge in [-0.2, -0.15) is 8.42 Å². The molecule has 178 valence electrons. The van der Waals surface area contributed by atoms with E-state index in [-0.39, 0.29) is 17.3 Å². The number of pyridine rings is 1. The lowest BCUT2D eigenvalue weighted by atomic mass is 10.1. The summed E-state index contributed by atoms with van der Waals surface area (Å²) in [5.74, 6) is 6.52. The molecule has 34 heavy (non-hydrogen) atoms. The molecule has 8 nitrogen and oxygen atoms in total. The van der Waals surface area contributed by atoms with Crippen molar-refractivity contribution in [2.45, 2.75) is 19.4 Å². The van der Waals surface area contributed by atoms with E-state index in [0.29, 0.717) is 36.3 Å². The lowest BCUT2D eigenvalue weighted by Crippen LogP contribution is -2.45. The van der Waals surface area contributed by atoms with Crippen LogP contribution in [0.4, 0.5) is 0 Å².